The molecule has 1 aromatic rings. The Morgan fingerprint density at radius 3 is 2.80 bits per heavy atom. The molecule has 0 saturated carbocycles. The minimum absolute atomic E-state index is 0.100. The zero-order valence-electron chi connectivity index (χ0n) is 9.16. The first-order valence-electron chi connectivity index (χ1n) is 4.93. The van der Waals surface area contributed by atoms with E-state index < -0.39 is 0 Å². The van der Waals surface area contributed by atoms with E-state index in [1.807, 2.05) is 18.2 Å². The first-order valence-corrected chi connectivity index (χ1v) is 4.93. The summed E-state index contributed by atoms with van der Waals surface area (Å²) in [5.41, 5.74) is 5.94. The van der Waals surface area contributed by atoms with Gasteiger partial charge in [0.25, 0.3) is 0 Å². The second kappa shape index (κ2) is 4.89. The number of aromatic nitrogens is 1. The molecule has 0 unspecified atom stereocenters. The van der Waals surface area contributed by atoms with Crippen LogP contribution in [-0.4, -0.2) is 24.0 Å². The van der Waals surface area contributed by atoms with E-state index in [4.69, 9.17) is 5.73 Å². The van der Waals surface area contributed by atoms with Gasteiger partial charge in [-0.15, -0.1) is 0 Å². The number of nitrogens with two attached hydrogens (primary N) is 1. The summed E-state index contributed by atoms with van der Waals surface area (Å²) in [6.07, 6.45) is 1.77. The van der Waals surface area contributed by atoms with Crippen molar-refractivity contribution in [2.45, 2.75) is 19.3 Å². The van der Waals surface area contributed by atoms with E-state index in [0.29, 0.717) is 6.54 Å². The van der Waals surface area contributed by atoms with Gasteiger partial charge in [0, 0.05) is 23.9 Å². The maximum Gasteiger partial charge on any atom is 0.231 e. The Kier molecular flexibility index (Phi) is 3.80. The molecule has 1 amide bonds. The molecule has 0 saturated heterocycles. The normalized spacial score (nSPS) is 11.3. The topological polar surface area (TPSA) is 68.0 Å². The number of amides is 1. The predicted molar refractivity (Wildman–Crippen MR) is 59.3 cm³/mol. The first kappa shape index (κ1) is 11.7. The quantitative estimate of drug-likeness (QED) is 0.736. The molecule has 0 aliphatic carbocycles. The number of hydrogen-bond acceptors (Lipinski definition) is 3. The van der Waals surface area contributed by atoms with Gasteiger partial charge < -0.3 is 11.1 Å². The van der Waals surface area contributed by atoms with Crippen LogP contribution in [0.2, 0.25) is 0 Å². The minimum atomic E-state index is -0.341. The van der Waals surface area contributed by atoms with Crippen LogP contribution in [0.15, 0.2) is 24.4 Å². The number of carbonyl (C=O) groups excluding carboxylic acids is 1. The van der Waals surface area contributed by atoms with Gasteiger partial charge in [-0.3, -0.25) is 9.78 Å². The highest BCUT2D eigenvalue weighted by atomic mass is 16.1. The van der Waals surface area contributed by atoms with Crippen LogP contribution in [0, 0.1) is 0 Å². The van der Waals surface area contributed by atoms with E-state index in [9.17, 15) is 4.79 Å². The molecular formula is C11H17N3O. The largest absolute Gasteiger partial charge is 0.369 e. The van der Waals surface area contributed by atoms with Gasteiger partial charge in [0.2, 0.25) is 5.91 Å². The smallest absolute Gasteiger partial charge is 0.231 e. The van der Waals surface area contributed by atoms with E-state index in [1.165, 1.54) is 0 Å². The van der Waals surface area contributed by atoms with E-state index in [0.717, 1.165) is 5.69 Å². The van der Waals surface area contributed by atoms with E-state index >= 15 is 0 Å². The highest BCUT2D eigenvalue weighted by Gasteiger charge is 2.21. The van der Waals surface area contributed by atoms with Gasteiger partial charge in [-0.05, 0) is 12.1 Å². The third-order valence-electron chi connectivity index (χ3n) is 2.22. The summed E-state index contributed by atoms with van der Waals surface area (Å²) < 4.78 is 0. The predicted octanol–water partition coefficient (Wildman–Crippen LogP) is 0.434. The summed E-state index contributed by atoms with van der Waals surface area (Å²) >= 11 is 0. The Hall–Kier alpha value is -1.42. The molecular weight excluding hydrogens is 190 g/mol. The molecule has 0 spiro atoms. The van der Waals surface area contributed by atoms with Crippen LogP contribution in [0.5, 0.6) is 0 Å². The van der Waals surface area contributed by atoms with Crippen LogP contribution >= 0.6 is 0 Å². The average molecular weight is 207 g/mol. The summed E-state index contributed by atoms with van der Waals surface area (Å²) in [5, 5.41) is 3.01. The zero-order valence-corrected chi connectivity index (χ0v) is 9.16. The summed E-state index contributed by atoms with van der Waals surface area (Å²) in [5.74, 6) is -0.341. The Morgan fingerprint density at radius 2 is 2.27 bits per heavy atom. The van der Waals surface area contributed by atoms with Crippen molar-refractivity contribution in [3.05, 3.63) is 30.1 Å². The molecule has 0 atom stereocenters. The fraction of sp³-hybridized carbons (Fsp3) is 0.455. The Labute approximate surface area is 89.9 Å². The summed E-state index contributed by atoms with van der Waals surface area (Å²) in [4.78, 5) is 14.9. The third-order valence-corrected chi connectivity index (χ3v) is 2.22. The number of carbonyl (C=O) groups is 1. The van der Waals surface area contributed by atoms with Crippen molar-refractivity contribution in [2.75, 3.05) is 13.1 Å². The van der Waals surface area contributed by atoms with Crippen LogP contribution in [0.4, 0.5) is 0 Å². The lowest BCUT2D eigenvalue weighted by atomic mass is 9.89. The van der Waals surface area contributed by atoms with E-state index in [-0.39, 0.29) is 17.9 Å². The lowest BCUT2D eigenvalue weighted by Crippen LogP contribution is -2.38. The lowest BCUT2D eigenvalue weighted by molar-refractivity contribution is -0.117. The molecule has 0 aliphatic heterocycles. The Morgan fingerprint density at radius 1 is 1.53 bits per heavy atom. The van der Waals surface area contributed by atoms with Gasteiger partial charge in [0.15, 0.2) is 0 Å². The second-order valence-corrected chi connectivity index (χ2v) is 4.17. The van der Waals surface area contributed by atoms with Crippen LogP contribution in [0.3, 0.4) is 0 Å². The molecule has 0 aromatic carbocycles. The van der Waals surface area contributed by atoms with Gasteiger partial charge >= 0.3 is 0 Å². The number of rotatable bonds is 5. The Balaban J connectivity index is 2.56. The van der Waals surface area contributed by atoms with E-state index in [2.05, 4.69) is 24.1 Å². The maximum absolute atomic E-state index is 10.6. The fourth-order valence-corrected chi connectivity index (χ4v) is 1.35. The lowest BCUT2D eigenvalue weighted by Gasteiger charge is -2.24. The van der Waals surface area contributed by atoms with Crippen LogP contribution < -0.4 is 11.1 Å². The number of pyridine rings is 1. The standard InChI is InChI=1S/C11H17N3O/c1-11(2,8-13-7-10(12)15)9-5-3-4-6-14-9/h3-6,13H,7-8H2,1-2H3,(H2,12,15). The van der Waals surface area contributed by atoms with Crippen molar-refractivity contribution in [3.8, 4) is 0 Å². The zero-order chi connectivity index (χ0) is 11.3. The average Bonchev–Trinajstić information content (AvgIpc) is 2.18. The number of hydrogen-bond donors (Lipinski definition) is 2. The molecule has 1 heterocycles. The van der Waals surface area contributed by atoms with Gasteiger partial charge in [0.1, 0.15) is 0 Å². The molecule has 1 aromatic heterocycles. The number of nitrogens with one attached hydrogen (secondary N) is 1. The van der Waals surface area contributed by atoms with Crippen molar-refractivity contribution in [3.63, 3.8) is 0 Å². The molecule has 1 rings (SSSR count). The van der Waals surface area contributed by atoms with Crippen molar-refractivity contribution >= 4 is 5.91 Å². The fourth-order valence-electron chi connectivity index (χ4n) is 1.35. The van der Waals surface area contributed by atoms with Crippen molar-refractivity contribution < 1.29 is 4.79 Å². The molecule has 0 aliphatic rings. The van der Waals surface area contributed by atoms with Gasteiger partial charge in [-0.2, -0.15) is 0 Å². The second-order valence-electron chi connectivity index (χ2n) is 4.17. The molecule has 4 nitrogen and oxygen atoms in total. The van der Waals surface area contributed by atoms with Gasteiger partial charge in [-0.1, -0.05) is 19.9 Å². The molecule has 15 heavy (non-hydrogen) atoms. The first-order chi connectivity index (χ1) is 7.02. The van der Waals surface area contributed by atoms with E-state index in [1.54, 1.807) is 6.20 Å². The van der Waals surface area contributed by atoms with Crippen LogP contribution in [0.1, 0.15) is 19.5 Å². The van der Waals surface area contributed by atoms with Crippen molar-refractivity contribution in [1.29, 1.82) is 0 Å². The molecule has 4 heteroatoms. The molecule has 82 valence electrons. The highest BCUT2D eigenvalue weighted by Crippen LogP contribution is 2.19. The SMILES string of the molecule is CC(C)(CNCC(N)=O)c1ccccn1. The third kappa shape index (κ3) is 3.67. The molecule has 0 bridgehead atoms. The van der Waals surface area contributed by atoms with Crippen molar-refractivity contribution in [2.24, 2.45) is 5.73 Å². The maximum atomic E-state index is 10.6. The monoisotopic (exact) mass is 207 g/mol. The van der Waals surface area contributed by atoms with Crippen LogP contribution in [0.25, 0.3) is 0 Å². The highest BCUT2D eigenvalue weighted by molar-refractivity contribution is 5.75. The summed E-state index contributed by atoms with van der Waals surface area (Å²) in [6, 6.07) is 5.82. The summed E-state index contributed by atoms with van der Waals surface area (Å²) in [7, 11) is 0. The summed E-state index contributed by atoms with van der Waals surface area (Å²) in [6.45, 7) is 5.02. The number of nitrogens with zero attached hydrogens (tertiary/aromatic N) is 1. The molecule has 3 N–H and O–H groups in total. The minimum Gasteiger partial charge on any atom is -0.369 e. The van der Waals surface area contributed by atoms with Gasteiger partial charge in [-0.25, -0.2) is 0 Å². The van der Waals surface area contributed by atoms with Crippen LogP contribution in [-0.2, 0) is 10.2 Å². The van der Waals surface area contributed by atoms with Crippen molar-refractivity contribution in [1.82, 2.24) is 10.3 Å². The molecule has 0 radical (unpaired) electrons. The van der Waals surface area contributed by atoms with Gasteiger partial charge in [0.05, 0.1) is 6.54 Å². The Bertz CT molecular complexity index is 322. The number of primary amides is 1. The molecule has 0 fully saturated rings.